The van der Waals surface area contributed by atoms with Gasteiger partial charge in [0, 0.05) is 25.0 Å². The summed E-state index contributed by atoms with van der Waals surface area (Å²) in [5.41, 5.74) is 1.26. The number of hydrogen-bond donors (Lipinski definition) is 2. The number of aliphatic hydroxyl groups excluding tert-OH is 1. The summed E-state index contributed by atoms with van der Waals surface area (Å²) in [7, 11) is 0. The van der Waals surface area contributed by atoms with Crippen molar-refractivity contribution in [2.75, 3.05) is 13.1 Å². The molecule has 1 saturated heterocycles. The third kappa shape index (κ3) is 4.02. The first-order valence-electron chi connectivity index (χ1n) is 7.82. The Morgan fingerprint density at radius 2 is 1.95 bits per heavy atom. The third-order valence-corrected chi connectivity index (χ3v) is 4.43. The summed E-state index contributed by atoms with van der Waals surface area (Å²) in [4.78, 5) is 18.3. The van der Waals surface area contributed by atoms with Gasteiger partial charge < -0.3 is 10.4 Å². The summed E-state index contributed by atoms with van der Waals surface area (Å²) in [5.74, 6) is -0.0810. The standard InChI is InChI=1S/C16H23N3O2/c20-15(16(21)18-14-1-2-14)13-5-9-19(10-6-13)11-12-3-7-17-8-4-12/h3-4,7-8,13-15,20H,1-2,5-6,9-11H2,(H,18,21). The molecule has 1 aromatic heterocycles. The molecule has 0 aromatic carbocycles. The highest BCUT2D eigenvalue weighted by atomic mass is 16.3. The van der Waals surface area contributed by atoms with E-state index in [0.29, 0.717) is 6.04 Å². The number of pyridine rings is 1. The molecule has 2 N–H and O–H groups in total. The van der Waals surface area contributed by atoms with Crippen LogP contribution in [0, 0.1) is 5.92 Å². The van der Waals surface area contributed by atoms with E-state index in [2.05, 4.69) is 15.2 Å². The van der Waals surface area contributed by atoms with Gasteiger partial charge in [0.15, 0.2) is 0 Å². The predicted molar refractivity (Wildman–Crippen MR) is 79.4 cm³/mol. The molecule has 1 unspecified atom stereocenters. The van der Waals surface area contributed by atoms with E-state index in [-0.39, 0.29) is 11.8 Å². The normalized spacial score (nSPS) is 22.0. The average molecular weight is 289 g/mol. The molecule has 1 aromatic rings. The maximum atomic E-state index is 11.9. The summed E-state index contributed by atoms with van der Waals surface area (Å²) in [6.07, 6.45) is 6.66. The van der Waals surface area contributed by atoms with Crippen LogP contribution < -0.4 is 5.32 Å². The Morgan fingerprint density at radius 3 is 2.57 bits per heavy atom. The molecule has 3 rings (SSSR count). The highest BCUT2D eigenvalue weighted by molar-refractivity contribution is 5.81. The van der Waals surface area contributed by atoms with Crippen LogP contribution in [0.1, 0.15) is 31.2 Å². The van der Waals surface area contributed by atoms with Crippen molar-refractivity contribution in [1.29, 1.82) is 0 Å². The molecular formula is C16H23N3O2. The van der Waals surface area contributed by atoms with E-state index in [1.54, 1.807) is 0 Å². The first-order valence-corrected chi connectivity index (χ1v) is 7.82. The second-order valence-electron chi connectivity index (χ2n) is 6.20. The van der Waals surface area contributed by atoms with Gasteiger partial charge in [-0.2, -0.15) is 0 Å². The molecule has 1 aliphatic carbocycles. The number of carbonyl (C=O) groups is 1. The largest absolute Gasteiger partial charge is 0.383 e. The molecule has 5 nitrogen and oxygen atoms in total. The Balaban J connectivity index is 1.44. The monoisotopic (exact) mass is 289 g/mol. The molecule has 114 valence electrons. The maximum Gasteiger partial charge on any atom is 0.249 e. The van der Waals surface area contributed by atoms with Gasteiger partial charge in [-0.3, -0.25) is 14.7 Å². The van der Waals surface area contributed by atoms with Crippen molar-refractivity contribution in [1.82, 2.24) is 15.2 Å². The number of aromatic nitrogens is 1. The van der Waals surface area contributed by atoms with Gasteiger partial charge in [-0.25, -0.2) is 0 Å². The number of carbonyl (C=O) groups excluding carboxylic acids is 1. The third-order valence-electron chi connectivity index (χ3n) is 4.43. The number of aliphatic hydroxyl groups is 1. The zero-order chi connectivity index (χ0) is 14.7. The molecule has 2 aliphatic rings. The Hall–Kier alpha value is -1.46. The van der Waals surface area contributed by atoms with Crippen molar-refractivity contribution in [3.63, 3.8) is 0 Å². The summed E-state index contributed by atoms with van der Waals surface area (Å²) in [5, 5.41) is 13.0. The van der Waals surface area contributed by atoms with E-state index in [0.717, 1.165) is 45.3 Å². The zero-order valence-corrected chi connectivity index (χ0v) is 12.2. The summed E-state index contributed by atoms with van der Waals surface area (Å²) >= 11 is 0. The lowest BCUT2D eigenvalue weighted by molar-refractivity contribution is -0.133. The fourth-order valence-corrected chi connectivity index (χ4v) is 2.90. The van der Waals surface area contributed by atoms with Crippen LogP contribution in [-0.4, -0.2) is 46.1 Å². The Labute approximate surface area is 125 Å². The van der Waals surface area contributed by atoms with Gasteiger partial charge >= 0.3 is 0 Å². The van der Waals surface area contributed by atoms with Crippen LogP contribution in [0.25, 0.3) is 0 Å². The molecule has 0 radical (unpaired) electrons. The van der Waals surface area contributed by atoms with Gasteiger partial charge in [0.25, 0.3) is 0 Å². The smallest absolute Gasteiger partial charge is 0.249 e. The van der Waals surface area contributed by atoms with Crippen LogP contribution in [-0.2, 0) is 11.3 Å². The van der Waals surface area contributed by atoms with E-state index in [1.807, 2.05) is 24.5 Å². The van der Waals surface area contributed by atoms with Crippen molar-refractivity contribution >= 4 is 5.91 Å². The number of hydrogen-bond acceptors (Lipinski definition) is 4. The molecule has 5 heteroatoms. The fraction of sp³-hybridized carbons (Fsp3) is 0.625. The van der Waals surface area contributed by atoms with Crippen molar-refractivity contribution in [2.24, 2.45) is 5.92 Å². The highest BCUT2D eigenvalue weighted by Crippen LogP contribution is 2.24. The lowest BCUT2D eigenvalue weighted by Crippen LogP contribution is -2.44. The van der Waals surface area contributed by atoms with Crippen LogP contribution in [0.2, 0.25) is 0 Å². The molecule has 2 fully saturated rings. The molecule has 2 heterocycles. The van der Waals surface area contributed by atoms with Gasteiger partial charge in [0.05, 0.1) is 0 Å². The van der Waals surface area contributed by atoms with Gasteiger partial charge in [-0.1, -0.05) is 0 Å². The molecule has 1 amide bonds. The van der Waals surface area contributed by atoms with Gasteiger partial charge in [0.2, 0.25) is 5.91 Å². The Morgan fingerprint density at radius 1 is 1.29 bits per heavy atom. The fourth-order valence-electron chi connectivity index (χ4n) is 2.90. The van der Waals surface area contributed by atoms with Crippen LogP contribution in [0.15, 0.2) is 24.5 Å². The molecule has 21 heavy (non-hydrogen) atoms. The topological polar surface area (TPSA) is 65.5 Å². The minimum Gasteiger partial charge on any atom is -0.383 e. The van der Waals surface area contributed by atoms with E-state index in [9.17, 15) is 9.90 Å². The summed E-state index contributed by atoms with van der Waals surface area (Å²) in [6, 6.07) is 4.38. The van der Waals surface area contributed by atoms with E-state index < -0.39 is 6.10 Å². The minimum atomic E-state index is -0.839. The highest BCUT2D eigenvalue weighted by Gasteiger charge is 2.32. The van der Waals surface area contributed by atoms with Crippen molar-refractivity contribution in [2.45, 2.75) is 44.4 Å². The molecule has 1 aliphatic heterocycles. The maximum absolute atomic E-state index is 11.9. The number of likely N-dealkylation sites (tertiary alicyclic amines) is 1. The molecule has 0 spiro atoms. The molecular weight excluding hydrogens is 266 g/mol. The van der Waals surface area contributed by atoms with Crippen molar-refractivity contribution in [3.8, 4) is 0 Å². The van der Waals surface area contributed by atoms with E-state index in [4.69, 9.17) is 0 Å². The summed E-state index contributed by atoms with van der Waals surface area (Å²) in [6.45, 7) is 2.78. The Bertz CT molecular complexity index is 468. The number of nitrogens with one attached hydrogen (secondary N) is 1. The first kappa shape index (κ1) is 14.5. The number of nitrogens with zero attached hydrogens (tertiary/aromatic N) is 2. The number of amides is 1. The number of rotatable bonds is 5. The SMILES string of the molecule is O=C(NC1CC1)C(O)C1CCN(Cc2ccncc2)CC1. The van der Waals surface area contributed by atoms with Crippen LogP contribution in [0.4, 0.5) is 0 Å². The molecule has 1 saturated carbocycles. The van der Waals surface area contributed by atoms with Gasteiger partial charge in [-0.15, -0.1) is 0 Å². The lowest BCUT2D eigenvalue weighted by Gasteiger charge is -2.33. The predicted octanol–water partition coefficient (Wildman–Crippen LogP) is 0.933. The van der Waals surface area contributed by atoms with Crippen LogP contribution in [0.3, 0.4) is 0 Å². The van der Waals surface area contributed by atoms with Crippen LogP contribution in [0.5, 0.6) is 0 Å². The minimum absolute atomic E-state index is 0.0949. The number of piperidine rings is 1. The van der Waals surface area contributed by atoms with Crippen molar-refractivity contribution < 1.29 is 9.90 Å². The van der Waals surface area contributed by atoms with E-state index >= 15 is 0 Å². The summed E-state index contributed by atoms with van der Waals surface area (Å²) < 4.78 is 0. The van der Waals surface area contributed by atoms with E-state index in [1.165, 1.54) is 5.56 Å². The average Bonchev–Trinajstić information content (AvgIpc) is 3.32. The quantitative estimate of drug-likeness (QED) is 0.846. The van der Waals surface area contributed by atoms with Gasteiger partial charge in [-0.05, 0) is 62.4 Å². The lowest BCUT2D eigenvalue weighted by atomic mass is 9.90. The zero-order valence-electron chi connectivity index (χ0n) is 12.2. The molecule has 1 atom stereocenters. The second kappa shape index (κ2) is 6.54. The first-order chi connectivity index (χ1) is 10.2. The van der Waals surface area contributed by atoms with Crippen LogP contribution >= 0.6 is 0 Å². The molecule has 0 bridgehead atoms. The van der Waals surface area contributed by atoms with Gasteiger partial charge in [0.1, 0.15) is 6.10 Å². The van der Waals surface area contributed by atoms with Crippen molar-refractivity contribution in [3.05, 3.63) is 30.1 Å². The second-order valence-corrected chi connectivity index (χ2v) is 6.20. The Kier molecular flexibility index (Phi) is 4.51.